The van der Waals surface area contributed by atoms with Crippen molar-refractivity contribution < 1.29 is 19.1 Å². The SMILES string of the molecule is CCOC(=O)C(C)(C)CC(C)(C(=O)OC)C(C)Br. The lowest BCUT2D eigenvalue weighted by Gasteiger charge is -2.35. The van der Waals surface area contributed by atoms with Crippen LogP contribution < -0.4 is 0 Å². The second-order valence-corrected chi connectivity index (χ2v) is 6.68. The standard InChI is InChI=1S/C13H23BrO4/c1-7-18-10(15)12(3,4)8-13(5,9(2)14)11(16)17-6/h9H,7-8H2,1-6H3. The number of halogens is 1. The van der Waals surface area contributed by atoms with E-state index in [0.29, 0.717) is 13.0 Å². The van der Waals surface area contributed by atoms with E-state index >= 15 is 0 Å². The van der Waals surface area contributed by atoms with Gasteiger partial charge in [-0.05, 0) is 34.1 Å². The minimum atomic E-state index is -0.773. The fraction of sp³-hybridized carbons (Fsp3) is 0.846. The first-order valence-electron chi connectivity index (χ1n) is 6.01. The topological polar surface area (TPSA) is 52.6 Å². The van der Waals surface area contributed by atoms with Crippen molar-refractivity contribution in [2.75, 3.05) is 13.7 Å². The third kappa shape index (κ3) is 3.97. The first-order chi connectivity index (χ1) is 8.11. The third-order valence-corrected chi connectivity index (χ3v) is 4.18. The number of carbonyl (C=O) groups is 2. The van der Waals surface area contributed by atoms with E-state index in [1.165, 1.54) is 7.11 Å². The normalized spacial score (nSPS) is 16.6. The quantitative estimate of drug-likeness (QED) is 0.557. The van der Waals surface area contributed by atoms with Crippen LogP contribution in [-0.4, -0.2) is 30.5 Å². The Bertz CT molecular complexity index is 312. The average Bonchev–Trinajstić information content (AvgIpc) is 2.27. The predicted octanol–water partition coefficient (Wildman–Crippen LogP) is 2.93. The monoisotopic (exact) mass is 322 g/mol. The van der Waals surface area contributed by atoms with Crippen LogP contribution in [0.3, 0.4) is 0 Å². The molecule has 0 saturated heterocycles. The van der Waals surface area contributed by atoms with Gasteiger partial charge in [0.15, 0.2) is 0 Å². The summed E-state index contributed by atoms with van der Waals surface area (Å²) in [6, 6.07) is 0. The van der Waals surface area contributed by atoms with Gasteiger partial charge in [-0.25, -0.2) is 0 Å². The molecular formula is C13H23BrO4. The summed E-state index contributed by atoms with van der Waals surface area (Å²) in [5.41, 5.74) is -1.51. The zero-order valence-electron chi connectivity index (χ0n) is 12.0. The van der Waals surface area contributed by atoms with E-state index in [9.17, 15) is 9.59 Å². The van der Waals surface area contributed by atoms with E-state index in [4.69, 9.17) is 9.47 Å². The number of ether oxygens (including phenoxy) is 2. The number of rotatable bonds is 6. The van der Waals surface area contributed by atoms with Gasteiger partial charge < -0.3 is 9.47 Å². The van der Waals surface area contributed by atoms with Crippen molar-refractivity contribution in [3.8, 4) is 0 Å². The smallest absolute Gasteiger partial charge is 0.312 e. The van der Waals surface area contributed by atoms with E-state index in [1.807, 2.05) is 6.92 Å². The number of hydrogen-bond donors (Lipinski definition) is 0. The minimum Gasteiger partial charge on any atom is -0.469 e. The molecule has 0 bridgehead atoms. The molecule has 0 spiro atoms. The summed E-state index contributed by atoms with van der Waals surface area (Å²) in [4.78, 5) is 23.7. The highest BCUT2D eigenvalue weighted by molar-refractivity contribution is 9.09. The summed E-state index contributed by atoms with van der Waals surface area (Å²) in [6.07, 6.45) is 0.359. The summed E-state index contributed by atoms with van der Waals surface area (Å²) in [6.45, 7) is 9.32. The summed E-state index contributed by atoms with van der Waals surface area (Å²) in [7, 11) is 1.35. The lowest BCUT2D eigenvalue weighted by atomic mass is 9.72. The molecule has 0 aromatic carbocycles. The summed E-state index contributed by atoms with van der Waals surface area (Å²) in [5, 5.41) is 0. The van der Waals surface area contributed by atoms with Crippen molar-refractivity contribution in [1.29, 1.82) is 0 Å². The van der Waals surface area contributed by atoms with Crippen LogP contribution >= 0.6 is 15.9 Å². The molecular weight excluding hydrogens is 300 g/mol. The van der Waals surface area contributed by atoms with E-state index in [0.717, 1.165) is 0 Å². The van der Waals surface area contributed by atoms with Crippen molar-refractivity contribution in [3.63, 3.8) is 0 Å². The third-order valence-electron chi connectivity index (χ3n) is 3.17. The summed E-state index contributed by atoms with van der Waals surface area (Å²) in [5.74, 6) is -0.627. The molecule has 0 amide bonds. The highest BCUT2D eigenvalue weighted by Crippen LogP contribution is 2.41. The Kier molecular flexibility index (Phi) is 6.34. The van der Waals surface area contributed by atoms with Crippen LogP contribution in [0.15, 0.2) is 0 Å². The Labute approximate surface area is 118 Å². The van der Waals surface area contributed by atoms with Gasteiger partial charge in [0.05, 0.1) is 24.5 Å². The van der Waals surface area contributed by atoms with Crippen LogP contribution in [0.4, 0.5) is 0 Å². The molecule has 106 valence electrons. The highest BCUT2D eigenvalue weighted by atomic mass is 79.9. The molecule has 0 aliphatic rings. The van der Waals surface area contributed by atoms with Crippen molar-refractivity contribution >= 4 is 27.9 Å². The number of methoxy groups -OCH3 is 1. The summed E-state index contributed by atoms with van der Waals surface area (Å²) < 4.78 is 9.88. The molecule has 2 unspecified atom stereocenters. The van der Waals surface area contributed by atoms with E-state index in [2.05, 4.69) is 15.9 Å². The van der Waals surface area contributed by atoms with E-state index in [-0.39, 0.29) is 16.8 Å². The molecule has 4 nitrogen and oxygen atoms in total. The van der Waals surface area contributed by atoms with Crippen molar-refractivity contribution in [1.82, 2.24) is 0 Å². The maximum Gasteiger partial charge on any atom is 0.312 e. The molecule has 0 rings (SSSR count). The molecule has 0 aliphatic carbocycles. The van der Waals surface area contributed by atoms with E-state index in [1.54, 1.807) is 27.7 Å². The van der Waals surface area contributed by atoms with Crippen molar-refractivity contribution in [2.24, 2.45) is 10.8 Å². The molecule has 0 aliphatic heterocycles. The molecule has 0 fully saturated rings. The van der Waals surface area contributed by atoms with Gasteiger partial charge in [0.1, 0.15) is 0 Å². The predicted molar refractivity (Wildman–Crippen MR) is 73.5 cm³/mol. The zero-order chi connectivity index (χ0) is 14.6. The Hall–Kier alpha value is -0.580. The van der Waals surface area contributed by atoms with Gasteiger partial charge in [-0.2, -0.15) is 0 Å². The van der Waals surface area contributed by atoms with Crippen LogP contribution in [0.5, 0.6) is 0 Å². The van der Waals surface area contributed by atoms with Crippen LogP contribution in [0.25, 0.3) is 0 Å². The largest absolute Gasteiger partial charge is 0.469 e. The number of alkyl halides is 1. The van der Waals surface area contributed by atoms with E-state index < -0.39 is 10.8 Å². The van der Waals surface area contributed by atoms with Crippen molar-refractivity contribution in [3.05, 3.63) is 0 Å². The van der Waals surface area contributed by atoms with Gasteiger partial charge in [-0.15, -0.1) is 0 Å². The molecule has 5 heteroatoms. The van der Waals surface area contributed by atoms with Gasteiger partial charge in [0.25, 0.3) is 0 Å². The molecule has 0 heterocycles. The Morgan fingerprint density at radius 1 is 1.22 bits per heavy atom. The minimum absolute atomic E-state index is 0.105. The number of hydrogen-bond acceptors (Lipinski definition) is 4. The second-order valence-electron chi connectivity index (χ2n) is 5.31. The van der Waals surface area contributed by atoms with Gasteiger partial charge in [-0.3, -0.25) is 9.59 Å². The van der Waals surface area contributed by atoms with Gasteiger partial charge >= 0.3 is 11.9 Å². The van der Waals surface area contributed by atoms with Crippen LogP contribution in [0.1, 0.15) is 41.0 Å². The first-order valence-corrected chi connectivity index (χ1v) is 6.93. The zero-order valence-corrected chi connectivity index (χ0v) is 13.6. The van der Waals surface area contributed by atoms with Crippen LogP contribution in [0.2, 0.25) is 0 Å². The molecule has 18 heavy (non-hydrogen) atoms. The molecule has 0 N–H and O–H groups in total. The van der Waals surface area contributed by atoms with Gasteiger partial charge in [-0.1, -0.05) is 22.9 Å². The average molecular weight is 323 g/mol. The lowest BCUT2D eigenvalue weighted by Crippen LogP contribution is -2.43. The van der Waals surface area contributed by atoms with Gasteiger partial charge in [0.2, 0.25) is 0 Å². The molecule has 0 radical (unpaired) electrons. The first kappa shape index (κ1) is 17.4. The Morgan fingerprint density at radius 3 is 2.06 bits per heavy atom. The summed E-state index contributed by atoms with van der Waals surface area (Å²) >= 11 is 3.43. The molecule has 0 aromatic rings. The molecule has 0 aromatic heterocycles. The molecule has 0 saturated carbocycles. The maximum absolute atomic E-state index is 11.9. The Morgan fingerprint density at radius 2 is 1.72 bits per heavy atom. The fourth-order valence-electron chi connectivity index (χ4n) is 1.93. The van der Waals surface area contributed by atoms with Crippen LogP contribution in [-0.2, 0) is 19.1 Å². The lowest BCUT2D eigenvalue weighted by molar-refractivity contribution is -0.160. The second kappa shape index (κ2) is 6.55. The fourth-order valence-corrected chi connectivity index (χ4v) is 2.27. The van der Waals surface area contributed by atoms with Gasteiger partial charge in [0, 0.05) is 4.83 Å². The maximum atomic E-state index is 11.9. The number of carbonyl (C=O) groups excluding carboxylic acids is 2. The highest BCUT2D eigenvalue weighted by Gasteiger charge is 2.46. The van der Waals surface area contributed by atoms with Crippen molar-refractivity contribution in [2.45, 2.75) is 45.9 Å². The Balaban J connectivity index is 5.11. The van der Waals surface area contributed by atoms with Crippen LogP contribution in [0, 0.1) is 10.8 Å². The molecule has 2 atom stereocenters. The number of esters is 2.